The van der Waals surface area contributed by atoms with Crippen LogP contribution in [0.15, 0.2) is 53.4 Å². The average Bonchev–Trinajstić information content (AvgIpc) is 2.54. The maximum absolute atomic E-state index is 13.4. The Morgan fingerprint density at radius 3 is 2.38 bits per heavy atom. The molecule has 2 aromatic carbocycles. The summed E-state index contributed by atoms with van der Waals surface area (Å²) in [7, 11) is -0.109. The lowest BCUT2D eigenvalue weighted by atomic mass is 10.1. The number of primary sulfonamides is 1. The van der Waals surface area contributed by atoms with E-state index < -0.39 is 16.1 Å². The molecule has 2 rings (SSSR count). The van der Waals surface area contributed by atoms with E-state index in [0.717, 1.165) is 5.56 Å². The fourth-order valence-corrected chi connectivity index (χ4v) is 2.92. The van der Waals surface area contributed by atoms with Crippen LogP contribution in [0.25, 0.3) is 0 Å². The smallest absolute Gasteiger partial charge is 0.319 e. The first-order chi connectivity index (χ1) is 12.2. The number of urea groups is 1. The van der Waals surface area contributed by atoms with Crippen molar-refractivity contribution < 1.29 is 17.6 Å². The molecule has 140 valence electrons. The van der Waals surface area contributed by atoms with Crippen molar-refractivity contribution in [1.29, 1.82) is 0 Å². The Morgan fingerprint density at radius 2 is 1.85 bits per heavy atom. The second-order valence-electron chi connectivity index (χ2n) is 5.94. The monoisotopic (exact) mass is 380 g/mol. The summed E-state index contributed by atoms with van der Waals surface area (Å²) in [5.41, 5.74) is 1.16. The summed E-state index contributed by atoms with van der Waals surface area (Å²) in [6.45, 7) is 0.261. The average molecular weight is 380 g/mol. The van der Waals surface area contributed by atoms with Gasteiger partial charge in [-0.15, -0.1) is 0 Å². The molecule has 0 spiro atoms. The van der Waals surface area contributed by atoms with Gasteiger partial charge in [0.2, 0.25) is 10.0 Å². The molecule has 9 heteroatoms. The number of carbonyl (C=O) groups is 1. The van der Waals surface area contributed by atoms with Crippen LogP contribution in [0.4, 0.5) is 14.9 Å². The summed E-state index contributed by atoms with van der Waals surface area (Å²) >= 11 is 0. The highest BCUT2D eigenvalue weighted by molar-refractivity contribution is 7.89. The Bertz CT molecular complexity index is 870. The third-order valence-electron chi connectivity index (χ3n) is 3.75. The van der Waals surface area contributed by atoms with Crippen LogP contribution in [0.5, 0.6) is 0 Å². The molecule has 0 saturated carbocycles. The molecule has 4 N–H and O–H groups in total. The van der Waals surface area contributed by atoms with Crippen LogP contribution >= 0.6 is 0 Å². The molecule has 0 aliphatic heterocycles. The Labute approximate surface area is 152 Å². The predicted molar refractivity (Wildman–Crippen MR) is 97.7 cm³/mol. The number of rotatable bonds is 6. The first-order valence-electron chi connectivity index (χ1n) is 7.76. The highest BCUT2D eigenvalue weighted by Crippen LogP contribution is 2.18. The molecule has 1 atom stereocenters. The van der Waals surface area contributed by atoms with E-state index in [4.69, 9.17) is 5.14 Å². The van der Waals surface area contributed by atoms with Crippen molar-refractivity contribution in [2.24, 2.45) is 5.14 Å². The van der Waals surface area contributed by atoms with E-state index in [1.807, 2.05) is 19.0 Å². The van der Waals surface area contributed by atoms with Crippen molar-refractivity contribution in [3.8, 4) is 0 Å². The fourth-order valence-electron chi connectivity index (χ4n) is 2.41. The van der Waals surface area contributed by atoms with Gasteiger partial charge in [-0.2, -0.15) is 0 Å². The second-order valence-corrected chi connectivity index (χ2v) is 7.50. The first kappa shape index (κ1) is 19.8. The van der Waals surface area contributed by atoms with Crippen LogP contribution in [0, 0.1) is 5.82 Å². The van der Waals surface area contributed by atoms with Crippen LogP contribution in [0.1, 0.15) is 11.6 Å². The molecular weight excluding hydrogens is 359 g/mol. The summed E-state index contributed by atoms with van der Waals surface area (Å²) < 4.78 is 35.8. The number of amides is 2. The topological polar surface area (TPSA) is 105 Å². The lowest BCUT2D eigenvalue weighted by molar-refractivity contribution is 0.243. The summed E-state index contributed by atoms with van der Waals surface area (Å²) in [6, 6.07) is 11.0. The van der Waals surface area contributed by atoms with Gasteiger partial charge in [0.15, 0.2) is 0 Å². The largest absolute Gasteiger partial charge is 0.336 e. The Hall–Kier alpha value is -2.49. The maximum Gasteiger partial charge on any atom is 0.319 e. The van der Waals surface area contributed by atoms with Gasteiger partial charge in [-0.05, 0) is 56.1 Å². The molecule has 0 radical (unpaired) electrons. The number of benzene rings is 2. The molecule has 2 amide bonds. The van der Waals surface area contributed by atoms with Crippen molar-refractivity contribution in [2.75, 3.05) is 26.0 Å². The number of hydrogen-bond acceptors (Lipinski definition) is 4. The fraction of sp³-hybridized carbons (Fsp3) is 0.235. The number of nitrogens with two attached hydrogens (primary N) is 1. The minimum absolute atomic E-state index is 0.0396. The molecule has 0 aliphatic rings. The quantitative estimate of drug-likeness (QED) is 0.712. The number of likely N-dealkylation sites (N-methyl/N-ethyl adjacent to an activating group) is 1. The molecule has 0 heterocycles. The third-order valence-corrected chi connectivity index (χ3v) is 4.68. The molecule has 0 aliphatic carbocycles. The molecule has 0 saturated heterocycles. The van der Waals surface area contributed by atoms with Crippen molar-refractivity contribution in [3.63, 3.8) is 0 Å². The Kier molecular flexibility index (Phi) is 6.30. The number of hydrogen-bond donors (Lipinski definition) is 3. The van der Waals surface area contributed by atoms with Gasteiger partial charge in [-0.1, -0.05) is 12.1 Å². The van der Waals surface area contributed by atoms with Crippen LogP contribution in [-0.2, 0) is 10.0 Å². The molecule has 0 bridgehead atoms. The van der Waals surface area contributed by atoms with Crippen molar-refractivity contribution in [2.45, 2.75) is 10.9 Å². The molecule has 0 fully saturated rings. The van der Waals surface area contributed by atoms with Gasteiger partial charge in [0, 0.05) is 12.2 Å². The van der Waals surface area contributed by atoms with E-state index in [1.165, 1.54) is 36.4 Å². The lowest BCUT2D eigenvalue weighted by Gasteiger charge is -2.25. The molecule has 2 aromatic rings. The number of halogens is 1. The van der Waals surface area contributed by atoms with Crippen LogP contribution < -0.4 is 15.8 Å². The normalized spacial score (nSPS) is 12.7. The predicted octanol–water partition coefficient (Wildman–Crippen LogP) is 1.90. The molecular formula is C17H21FN4O3S. The molecule has 7 nitrogen and oxygen atoms in total. The van der Waals surface area contributed by atoms with E-state index in [2.05, 4.69) is 10.6 Å². The number of nitrogens with zero attached hydrogens (tertiary/aromatic N) is 1. The highest BCUT2D eigenvalue weighted by Gasteiger charge is 2.16. The zero-order chi connectivity index (χ0) is 19.3. The van der Waals surface area contributed by atoms with E-state index in [0.29, 0.717) is 5.69 Å². The third kappa shape index (κ3) is 5.51. The minimum atomic E-state index is -3.78. The number of nitrogens with one attached hydrogen (secondary N) is 2. The summed E-state index contributed by atoms with van der Waals surface area (Å²) in [5, 5.41) is 10.3. The number of anilines is 1. The van der Waals surface area contributed by atoms with Gasteiger partial charge in [0.1, 0.15) is 5.82 Å². The Morgan fingerprint density at radius 1 is 1.19 bits per heavy atom. The SMILES string of the molecule is CN(C)C(CNC(=O)Nc1ccc(S(N)(=O)=O)cc1)c1cccc(F)c1. The minimum Gasteiger partial charge on any atom is -0.336 e. The summed E-state index contributed by atoms with van der Waals surface area (Å²) in [5.74, 6) is -0.339. The molecule has 26 heavy (non-hydrogen) atoms. The van der Waals surface area contributed by atoms with Crippen molar-refractivity contribution in [3.05, 3.63) is 59.9 Å². The van der Waals surface area contributed by atoms with E-state index >= 15 is 0 Å². The zero-order valence-corrected chi connectivity index (χ0v) is 15.3. The Balaban J connectivity index is 1.98. The van der Waals surface area contributed by atoms with Crippen molar-refractivity contribution in [1.82, 2.24) is 10.2 Å². The van der Waals surface area contributed by atoms with Gasteiger partial charge in [-0.3, -0.25) is 0 Å². The summed E-state index contributed by atoms with van der Waals surface area (Å²) in [6.07, 6.45) is 0. The van der Waals surface area contributed by atoms with Crippen LogP contribution in [-0.4, -0.2) is 40.0 Å². The number of carbonyl (C=O) groups excluding carboxylic acids is 1. The van der Waals surface area contributed by atoms with Crippen LogP contribution in [0.2, 0.25) is 0 Å². The van der Waals surface area contributed by atoms with Gasteiger partial charge < -0.3 is 15.5 Å². The maximum atomic E-state index is 13.4. The highest BCUT2D eigenvalue weighted by atomic mass is 32.2. The van der Waals surface area contributed by atoms with Crippen molar-refractivity contribution >= 4 is 21.7 Å². The lowest BCUT2D eigenvalue weighted by Crippen LogP contribution is -2.36. The van der Waals surface area contributed by atoms with E-state index in [9.17, 15) is 17.6 Å². The van der Waals surface area contributed by atoms with Gasteiger partial charge >= 0.3 is 6.03 Å². The molecule has 0 aromatic heterocycles. The van der Waals surface area contributed by atoms with Gasteiger partial charge in [0.25, 0.3) is 0 Å². The van der Waals surface area contributed by atoms with Crippen LogP contribution in [0.3, 0.4) is 0 Å². The van der Waals surface area contributed by atoms with E-state index in [-0.39, 0.29) is 23.3 Å². The second kappa shape index (κ2) is 8.26. The summed E-state index contributed by atoms with van der Waals surface area (Å²) in [4.78, 5) is 13.9. The molecule has 1 unspecified atom stereocenters. The first-order valence-corrected chi connectivity index (χ1v) is 9.31. The van der Waals surface area contributed by atoms with Gasteiger partial charge in [-0.25, -0.2) is 22.7 Å². The van der Waals surface area contributed by atoms with E-state index in [1.54, 1.807) is 12.1 Å². The standard InChI is InChI=1S/C17H21FN4O3S/c1-22(2)16(12-4-3-5-13(18)10-12)11-20-17(23)21-14-6-8-15(9-7-14)26(19,24)25/h3-10,16H,11H2,1-2H3,(H2,19,24,25)(H2,20,21,23). The zero-order valence-electron chi connectivity index (χ0n) is 14.4. The number of sulfonamides is 1. The van der Waals surface area contributed by atoms with Gasteiger partial charge in [0.05, 0.1) is 10.9 Å².